The van der Waals surface area contributed by atoms with E-state index in [-0.39, 0.29) is 23.0 Å². The van der Waals surface area contributed by atoms with Crippen LogP contribution >= 0.6 is 0 Å². The van der Waals surface area contributed by atoms with Crippen LogP contribution in [0.15, 0.2) is 18.2 Å². The molecule has 3 rings (SSSR count). The van der Waals surface area contributed by atoms with Gasteiger partial charge in [0.15, 0.2) is 5.78 Å². The summed E-state index contributed by atoms with van der Waals surface area (Å²) in [4.78, 5) is 35.8. The summed E-state index contributed by atoms with van der Waals surface area (Å²) in [5.74, 6) is -1.04. The van der Waals surface area contributed by atoms with E-state index in [1.807, 2.05) is 4.90 Å². The Hall–Kier alpha value is -2.44. The number of nitro groups is 1. The zero-order valence-electron chi connectivity index (χ0n) is 12.8. The molecule has 1 heterocycles. The van der Waals surface area contributed by atoms with Crippen molar-refractivity contribution in [1.29, 1.82) is 0 Å². The van der Waals surface area contributed by atoms with Crippen molar-refractivity contribution in [3.05, 3.63) is 33.9 Å². The second-order valence-corrected chi connectivity index (χ2v) is 6.45. The van der Waals surface area contributed by atoms with E-state index in [4.69, 9.17) is 0 Å². The fourth-order valence-corrected chi connectivity index (χ4v) is 4.00. The highest BCUT2D eigenvalue weighted by atomic mass is 16.6. The molecule has 7 nitrogen and oxygen atoms in total. The van der Waals surface area contributed by atoms with Crippen molar-refractivity contribution >= 4 is 23.1 Å². The van der Waals surface area contributed by atoms with Crippen molar-refractivity contribution in [2.24, 2.45) is 11.3 Å². The molecule has 0 aromatic heterocycles. The highest BCUT2D eigenvalue weighted by molar-refractivity contribution is 5.99. The lowest BCUT2D eigenvalue weighted by Gasteiger charge is -2.24. The quantitative estimate of drug-likeness (QED) is 0.520. The molecule has 0 radical (unpaired) electrons. The molecule has 1 aliphatic heterocycles. The molecule has 0 unspecified atom stereocenters. The van der Waals surface area contributed by atoms with Gasteiger partial charge >= 0.3 is 5.97 Å². The zero-order chi connectivity index (χ0) is 16.8. The first-order chi connectivity index (χ1) is 10.8. The Kier molecular flexibility index (Phi) is 3.58. The summed E-state index contributed by atoms with van der Waals surface area (Å²) in [6.07, 6.45) is 2.47. The SMILES string of the molecule is CC(=O)c1cc(N2C[C@@H]3CCC[C@@]3(C(=O)O)C2)ccc1[N+](=O)[O-]. The maximum absolute atomic E-state index is 11.7. The lowest BCUT2D eigenvalue weighted by atomic mass is 9.81. The second kappa shape index (κ2) is 5.33. The van der Waals surface area contributed by atoms with E-state index in [1.54, 1.807) is 6.07 Å². The third-order valence-corrected chi connectivity index (χ3v) is 5.22. The molecule has 1 saturated carbocycles. The van der Waals surface area contributed by atoms with Crippen molar-refractivity contribution in [3.8, 4) is 0 Å². The number of hydrogen-bond acceptors (Lipinski definition) is 5. The van der Waals surface area contributed by atoms with Crippen LogP contribution in [0.2, 0.25) is 0 Å². The zero-order valence-corrected chi connectivity index (χ0v) is 12.8. The molecule has 1 aromatic carbocycles. The smallest absolute Gasteiger partial charge is 0.311 e. The third-order valence-electron chi connectivity index (χ3n) is 5.22. The summed E-state index contributed by atoms with van der Waals surface area (Å²) in [6.45, 7) is 2.30. The van der Waals surface area contributed by atoms with Crippen LogP contribution in [0, 0.1) is 21.4 Å². The van der Waals surface area contributed by atoms with Gasteiger partial charge in [-0.3, -0.25) is 19.7 Å². The van der Waals surface area contributed by atoms with Crippen LogP contribution in [0.3, 0.4) is 0 Å². The molecule has 1 aliphatic carbocycles. The molecule has 2 atom stereocenters. The second-order valence-electron chi connectivity index (χ2n) is 6.45. The summed E-state index contributed by atoms with van der Waals surface area (Å²) < 4.78 is 0. The van der Waals surface area contributed by atoms with Crippen LogP contribution in [-0.4, -0.2) is 34.9 Å². The predicted molar refractivity (Wildman–Crippen MR) is 82.7 cm³/mol. The van der Waals surface area contributed by atoms with Gasteiger partial charge in [-0.2, -0.15) is 0 Å². The average molecular weight is 318 g/mol. The minimum atomic E-state index is -0.767. The van der Waals surface area contributed by atoms with Gasteiger partial charge < -0.3 is 10.0 Å². The molecule has 0 spiro atoms. The number of carbonyl (C=O) groups is 2. The van der Waals surface area contributed by atoms with Gasteiger partial charge in [0.2, 0.25) is 0 Å². The number of carboxylic acids is 1. The molecular formula is C16H18N2O5. The molecule has 23 heavy (non-hydrogen) atoms. The number of benzene rings is 1. The fourth-order valence-electron chi connectivity index (χ4n) is 4.00. The van der Waals surface area contributed by atoms with Gasteiger partial charge in [0.25, 0.3) is 5.69 Å². The molecule has 1 N–H and O–H groups in total. The molecule has 2 fully saturated rings. The molecule has 122 valence electrons. The lowest BCUT2D eigenvalue weighted by Crippen LogP contribution is -2.35. The van der Waals surface area contributed by atoms with Gasteiger partial charge in [-0.1, -0.05) is 6.42 Å². The van der Waals surface area contributed by atoms with E-state index in [0.717, 1.165) is 12.8 Å². The van der Waals surface area contributed by atoms with E-state index in [0.29, 0.717) is 25.2 Å². The van der Waals surface area contributed by atoms with Crippen LogP contribution in [0.5, 0.6) is 0 Å². The fraction of sp³-hybridized carbons (Fsp3) is 0.500. The summed E-state index contributed by atoms with van der Waals surface area (Å²) in [5, 5.41) is 20.6. The minimum Gasteiger partial charge on any atom is -0.481 e. The Morgan fingerprint density at radius 2 is 2.17 bits per heavy atom. The molecular weight excluding hydrogens is 300 g/mol. The Morgan fingerprint density at radius 1 is 1.43 bits per heavy atom. The number of carbonyl (C=O) groups excluding carboxylic acids is 1. The summed E-state index contributed by atoms with van der Waals surface area (Å²) >= 11 is 0. The van der Waals surface area contributed by atoms with Crippen LogP contribution in [-0.2, 0) is 4.79 Å². The van der Waals surface area contributed by atoms with E-state index >= 15 is 0 Å². The number of Topliss-reactive ketones (excluding diaryl/α,β-unsaturated/α-hetero) is 1. The largest absolute Gasteiger partial charge is 0.481 e. The third kappa shape index (κ3) is 2.36. The van der Waals surface area contributed by atoms with Crippen molar-refractivity contribution in [2.45, 2.75) is 26.2 Å². The van der Waals surface area contributed by atoms with Crippen molar-refractivity contribution in [3.63, 3.8) is 0 Å². The van der Waals surface area contributed by atoms with E-state index in [1.165, 1.54) is 19.1 Å². The lowest BCUT2D eigenvalue weighted by molar-refractivity contribution is -0.385. The number of fused-ring (bicyclic) bond motifs is 1. The highest BCUT2D eigenvalue weighted by Gasteiger charge is 2.54. The maximum Gasteiger partial charge on any atom is 0.311 e. The van der Waals surface area contributed by atoms with Crippen molar-refractivity contribution < 1.29 is 19.6 Å². The molecule has 2 aliphatic rings. The number of carboxylic acid groups (broad SMARTS) is 1. The Bertz CT molecular complexity index is 702. The average Bonchev–Trinajstić information content (AvgIpc) is 3.04. The molecule has 1 aromatic rings. The van der Waals surface area contributed by atoms with E-state index < -0.39 is 16.3 Å². The van der Waals surface area contributed by atoms with Crippen molar-refractivity contribution in [2.75, 3.05) is 18.0 Å². The van der Waals surface area contributed by atoms with Gasteiger partial charge in [-0.25, -0.2) is 0 Å². The number of ketones is 1. The number of nitrogens with zero attached hydrogens (tertiary/aromatic N) is 2. The first-order valence-electron chi connectivity index (χ1n) is 7.63. The Balaban J connectivity index is 1.95. The summed E-state index contributed by atoms with van der Waals surface area (Å²) in [5.41, 5.74) is -0.198. The van der Waals surface area contributed by atoms with Crippen molar-refractivity contribution in [1.82, 2.24) is 0 Å². The predicted octanol–water partition coefficient (Wildman–Crippen LogP) is 2.49. The molecule has 0 bridgehead atoms. The summed E-state index contributed by atoms with van der Waals surface area (Å²) in [7, 11) is 0. The van der Waals surface area contributed by atoms with Gasteiger partial charge in [0.1, 0.15) is 0 Å². The first kappa shape index (κ1) is 15.5. The monoisotopic (exact) mass is 318 g/mol. The molecule has 7 heteroatoms. The van der Waals surface area contributed by atoms with Gasteiger partial charge in [0, 0.05) is 24.8 Å². The first-order valence-corrected chi connectivity index (χ1v) is 7.63. The Labute approximate surface area is 133 Å². The number of anilines is 1. The Morgan fingerprint density at radius 3 is 2.74 bits per heavy atom. The standard InChI is InChI=1S/C16H18N2O5/c1-10(19)13-7-12(4-5-14(13)18(22)23)17-8-11-3-2-6-16(11,9-17)15(20)21/h4-5,7,11H,2-3,6,8-9H2,1H3,(H,20,21)/t11-,16+/m0/s1. The van der Waals surface area contributed by atoms with Gasteiger partial charge in [0.05, 0.1) is 15.9 Å². The van der Waals surface area contributed by atoms with Crippen LogP contribution in [0.25, 0.3) is 0 Å². The minimum absolute atomic E-state index is 0.0638. The van der Waals surface area contributed by atoms with E-state index in [2.05, 4.69) is 0 Å². The van der Waals surface area contributed by atoms with Crippen LogP contribution in [0.4, 0.5) is 11.4 Å². The number of aliphatic carboxylic acids is 1. The van der Waals surface area contributed by atoms with Gasteiger partial charge in [-0.05, 0) is 37.8 Å². The van der Waals surface area contributed by atoms with Gasteiger partial charge in [-0.15, -0.1) is 0 Å². The topological polar surface area (TPSA) is 101 Å². The maximum atomic E-state index is 11.7. The molecule has 0 amide bonds. The summed E-state index contributed by atoms with van der Waals surface area (Å²) in [6, 6.07) is 4.44. The number of nitro benzene ring substituents is 1. The molecule has 1 saturated heterocycles. The normalized spacial score (nSPS) is 26.1. The van der Waals surface area contributed by atoms with Crippen LogP contribution in [0.1, 0.15) is 36.5 Å². The van der Waals surface area contributed by atoms with E-state index in [9.17, 15) is 24.8 Å². The number of hydrogen-bond donors (Lipinski definition) is 1. The van der Waals surface area contributed by atoms with Crippen LogP contribution < -0.4 is 4.90 Å². The highest BCUT2D eigenvalue weighted by Crippen LogP contribution is 2.50. The number of rotatable bonds is 4.